The van der Waals surface area contributed by atoms with Crippen LogP contribution >= 0.6 is 0 Å². The van der Waals surface area contributed by atoms with Gasteiger partial charge in [0.05, 0.1) is 11.4 Å². The number of benzene rings is 2. The monoisotopic (exact) mass is 374 g/mol. The molecular formula is C19H16F2N2O4. The van der Waals surface area contributed by atoms with Crippen LogP contribution < -0.4 is 15.0 Å². The number of hydrogen-bond donors (Lipinski definition) is 1. The van der Waals surface area contributed by atoms with Gasteiger partial charge in [0.15, 0.2) is 12.4 Å². The topological polar surface area (TPSA) is 75.7 Å². The van der Waals surface area contributed by atoms with Crippen molar-refractivity contribution in [2.24, 2.45) is 0 Å². The first-order chi connectivity index (χ1) is 12.8. The second-order valence-corrected chi connectivity index (χ2v) is 6.00. The van der Waals surface area contributed by atoms with Gasteiger partial charge in [-0.3, -0.25) is 14.4 Å². The Morgan fingerprint density at radius 2 is 1.96 bits per heavy atom. The summed E-state index contributed by atoms with van der Waals surface area (Å²) in [4.78, 5) is 37.2. The van der Waals surface area contributed by atoms with Crippen LogP contribution in [-0.4, -0.2) is 30.7 Å². The smallest absolute Gasteiger partial charge is 0.265 e. The zero-order valence-electron chi connectivity index (χ0n) is 14.4. The van der Waals surface area contributed by atoms with Crippen molar-refractivity contribution in [1.82, 2.24) is 0 Å². The molecule has 8 heteroatoms. The molecule has 1 aliphatic rings. The zero-order valence-corrected chi connectivity index (χ0v) is 14.4. The van der Waals surface area contributed by atoms with Crippen LogP contribution in [0.3, 0.4) is 0 Å². The molecule has 0 saturated carbocycles. The quantitative estimate of drug-likeness (QED) is 0.817. The first-order valence-corrected chi connectivity index (χ1v) is 8.18. The van der Waals surface area contributed by atoms with Crippen molar-refractivity contribution in [3.05, 3.63) is 53.6 Å². The molecule has 6 nitrogen and oxygen atoms in total. The van der Waals surface area contributed by atoms with Crippen molar-refractivity contribution in [1.29, 1.82) is 0 Å². The Bertz CT molecular complexity index is 930. The molecule has 0 fully saturated rings. The van der Waals surface area contributed by atoms with Gasteiger partial charge in [-0.25, -0.2) is 8.78 Å². The second-order valence-electron chi connectivity index (χ2n) is 6.00. The van der Waals surface area contributed by atoms with Crippen LogP contribution in [0.1, 0.15) is 23.7 Å². The third-order valence-electron chi connectivity index (χ3n) is 4.07. The lowest BCUT2D eigenvalue weighted by atomic mass is 10.1. The van der Waals surface area contributed by atoms with E-state index in [2.05, 4.69) is 5.32 Å². The van der Waals surface area contributed by atoms with E-state index in [0.29, 0.717) is 17.0 Å². The van der Waals surface area contributed by atoms with Crippen LogP contribution in [0.15, 0.2) is 36.4 Å². The average Bonchev–Trinajstić information content (AvgIpc) is 2.63. The average molecular weight is 374 g/mol. The number of ketones is 1. The van der Waals surface area contributed by atoms with E-state index in [0.717, 1.165) is 18.2 Å². The van der Waals surface area contributed by atoms with E-state index in [9.17, 15) is 23.2 Å². The van der Waals surface area contributed by atoms with Gasteiger partial charge < -0.3 is 15.0 Å². The van der Waals surface area contributed by atoms with Gasteiger partial charge in [0.25, 0.3) is 5.91 Å². The predicted octanol–water partition coefficient (Wildman–Crippen LogP) is 2.92. The minimum atomic E-state index is -0.761. The summed E-state index contributed by atoms with van der Waals surface area (Å²) in [6.07, 6.45) is -0.147. The number of anilines is 2. The maximum absolute atomic E-state index is 13.6. The van der Waals surface area contributed by atoms with Gasteiger partial charge in [-0.15, -0.1) is 0 Å². The van der Waals surface area contributed by atoms with E-state index in [1.165, 1.54) is 17.9 Å². The van der Waals surface area contributed by atoms with Crippen molar-refractivity contribution in [3.63, 3.8) is 0 Å². The molecule has 1 N–H and O–H groups in total. The fourth-order valence-electron chi connectivity index (χ4n) is 2.69. The number of hydrogen-bond acceptors (Lipinski definition) is 4. The third-order valence-corrected chi connectivity index (χ3v) is 4.07. The van der Waals surface area contributed by atoms with Gasteiger partial charge in [-0.2, -0.15) is 0 Å². The Labute approximate surface area is 153 Å². The fraction of sp³-hybridized carbons (Fsp3) is 0.211. The molecule has 0 aliphatic carbocycles. The molecule has 140 valence electrons. The Balaban J connectivity index is 1.73. The lowest BCUT2D eigenvalue weighted by Crippen LogP contribution is -2.40. The number of carbonyl (C=O) groups excluding carboxylic acids is 3. The summed E-state index contributed by atoms with van der Waals surface area (Å²) in [6, 6.07) is 7.44. The summed E-state index contributed by atoms with van der Waals surface area (Å²) in [5, 5.41) is 2.28. The van der Waals surface area contributed by atoms with E-state index in [1.54, 1.807) is 12.1 Å². The van der Waals surface area contributed by atoms with Gasteiger partial charge in [0.1, 0.15) is 17.4 Å². The summed E-state index contributed by atoms with van der Waals surface area (Å²) in [5.74, 6) is -2.13. The number of Topliss-reactive ketones (excluding diaryl/α,β-unsaturated/α-hetero) is 1. The van der Waals surface area contributed by atoms with Crippen LogP contribution in [-0.2, 0) is 9.59 Å². The normalized spacial score (nSPS) is 13.0. The molecule has 0 unspecified atom stereocenters. The Morgan fingerprint density at radius 3 is 2.70 bits per heavy atom. The molecule has 0 aromatic heterocycles. The summed E-state index contributed by atoms with van der Waals surface area (Å²) in [6.45, 7) is 1.21. The molecule has 0 spiro atoms. The van der Waals surface area contributed by atoms with E-state index in [4.69, 9.17) is 4.74 Å². The summed E-state index contributed by atoms with van der Waals surface area (Å²) in [7, 11) is 0. The lowest BCUT2D eigenvalue weighted by molar-refractivity contribution is -0.121. The molecule has 1 heterocycles. The first kappa shape index (κ1) is 18.5. The van der Waals surface area contributed by atoms with Crippen molar-refractivity contribution in [2.45, 2.75) is 13.3 Å². The Hall–Kier alpha value is -3.29. The second kappa shape index (κ2) is 7.53. The summed E-state index contributed by atoms with van der Waals surface area (Å²) >= 11 is 0. The van der Waals surface area contributed by atoms with E-state index in [-0.39, 0.29) is 37.0 Å². The molecular weight excluding hydrogens is 358 g/mol. The van der Waals surface area contributed by atoms with Crippen LogP contribution in [0.2, 0.25) is 0 Å². The highest BCUT2D eigenvalue weighted by Gasteiger charge is 2.26. The van der Waals surface area contributed by atoms with Crippen molar-refractivity contribution >= 4 is 29.0 Å². The van der Waals surface area contributed by atoms with Crippen molar-refractivity contribution < 1.29 is 27.9 Å². The minimum absolute atomic E-state index is 0.000675. The SMILES string of the molecule is CC(=O)c1ccc2c(c1)N(CCC(=O)Nc1cc(F)ccc1F)C(=O)CO2. The third kappa shape index (κ3) is 4.11. The summed E-state index contributed by atoms with van der Waals surface area (Å²) in [5.41, 5.74) is 0.527. The molecule has 0 saturated heterocycles. The Morgan fingerprint density at radius 1 is 1.19 bits per heavy atom. The molecule has 2 aromatic carbocycles. The van der Waals surface area contributed by atoms with Crippen molar-refractivity contribution in [3.8, 4) is 5.75 Å². The number of ether oxygens (including phenoxy) is 1. The van der Waals surface area contributed by atoms with Crippen LogP contribution in [0.5, 0.6) is 5.75 Å². The molecule has 27 heavy (non-hydrogen) atoms. The summed E-state index contributed by atoms with van der Waals surface area (Å²) < 4.78 is 32.1. The van der Waals surface area contributed by atoms with E-state index in [1.807, 2.05) is 0 Å². The molecule has 2 amide bonds. The van der Waals surface area contributed by atoms with Crippen LogP contribution in [0, 0.1) is 11.6 Å². The number of fused-ring (bicyclic) bond motifs is 1. The highest BCUT2D eigenvalue weighted by molar-refractivity contribution is 6.02. The number of amides is 2. The molecule has 0 radical (unpaired) electrons. The van der Waals surface area contributed by atoms with Gasteiger partial charge in [-0.1, -0.05) is 0 Å². The van der Waals surface area contributed by atoms with Crippen LogP contribution in [0.25, 0.3) is 0 Å². The lowest BCUT2D eigenvalue weighted by Gasteiger charge is -2.29. The zero-order chi connectivity index (χ0) is 19.6. The maximum atomic E-state index is 13.6. The first-order valence-electron chi connectivity index (χ1n) is 8.18. The molecule has 0 bridgehead atoms. The number of carbonyl (C=O) groups is 3. The van der Waals surface area contributed by atoms with Crippen molar-refractivity contribution in [2.75, 3.05) is 23.4 Å². The highest BCUT2D eigenvalue weighted by Crippen LogP contribution is 2.33. The van der Waals surface area contributed by atoms with Gasteiger partial charge in [0.2, 0.25) is 5.91 Å². The molecule has 1 aliphatic heterocycles. The fourth-order valence-corrected chi connectivity index (χ4v) is 2.69. The van der Waals surface area contributed by atoms with Crippen LogP contribution in [0.4, 0.5) is 20.2 Å². The Kier molecular flexibility index (Phi) is 5.16. The molecule has 0 atom stereocenters. The van der Waals surface area contributed by atoms with Gasteiger partial charge in [0, 0.05) is 24.6 Å². The van der Waals surface area contributed by atoms with Gasteiger partial charge >= 0.3 is 0 Å². The van der Waals surface area contributed by atoms with Gasteiger partial charge in [-0.05, 0) is 37.3 Å². The largest absolute Gasteiger partial charge is 0.482 e. The van der Waals surface area contributed by atoms with E-state index < -0.39 is 17.5 Å². The number of rotatable bonds is 5. The standard InChI is InChI=1S/C19H16F2N2O4/c1-11(24)12-2-5-17-16(8-12)23(19(26)10-27-17)7-6-18(25)22-15-9-13(20)3-4-14(15)21/h2-5,8-9H,6-7,10H2,1H3,(H,22,25). The highest BCUT2D eigenvalue weighted by atomic mass is 19.1. The molecule has 2 aromatic rings. The predicted molar refractivity (Wildman–Crippen MR) is 93.9 cm³/mol. The number of nitrogens with one attached hydrogen (secondary N) is 1. The molecule has 3 rings (SSSR count). The number of halogens is 2. The maximum Gasteiger partial charge on any atom is 0.265 e. The minimum Gasteiger partial charge on any atom is -0.482 e. The van der Waals surface area contributed by atoms with E-state index >= 15 is 0 Å². The number of nitrogens with zero attached hydrogens (tertiary/aromatic N) is 1.